The standard InChI is InChI=1S/C18H26N2O/c1-20(2)18(16(21)15-6-4-3-5-7-15)10-8-17(9-11-18)12-13-19-14-17/h3-7,19H,8-14H2,1-2H3. The number of Topliss-reactive ketones (excluding diaryl/α,β-unsaturated/α-hetero) is 1. The molecule has 0 bridgehead atoms. The maximum atomic E-state index is 13.1. The number of likely N-dealkylation sites (N-methyl/N-ethyl adjacent to an activating group) is 1. The first kappa shape index (κ1) is 14.7. The monoisotopic (exact) mass is 286 g/mol. The molecule has 114 valence electrons. The molecule has 1 aliphatic carbocycles. The second-order valence-electron chi connectivity index (χ2n) is 7.05. The van der Waals surface area contributed by atoms with Crippen molar-refractivity contribution in [3.8, 4) is 0 Å². The fraction of sp³-hybridized carbons (Fsp3) is 0.611. The van der Waals surface area contributed by atoms with Crippen molar-refractivity contribution in [3.63, 3.8) is 0 Å². The van der Waals surface area contributed by atoms with Gasteiger partial charge in [-0.05, 0) is 58.2 Å². The van der Waals surface area contributed by atoms with Crippen LogP contribution in [-0.4, -0.2) is 43.4 Å². The van der Waals surface area contributed by atoms with Gasteiger partial charge in [0.1, 0.15) is 0 Å². The Bertz CT molecular complexity index is 493. The molecule has 3 rings (SSSR count). The van der Waals surface area contributed by atoms with E-state index in [1.807, 2.05) is 30.3 Å². The molecule has 2 fully saturated rings. The first-order valence-corrected chi connectivity index (χ1v) is 8.06. The van der Waals surface area contributed by atoms with Crippen molar-refractivity contribution in [2.24, 2.45) is 5.41 Å². The summed E-state index contributed by atoms with van der Waals surface area (Å²) >= 11 is 0. The summed E-state index contributed by atoms with van der Waals surface area (Å²) in [5.41, 5.74) is 0.998. The predicted octanol–water partition coefficient (Wildman–Crippen LogP) is 2.72. The van der Waals surface area contributed by atoms with E-state index < -0.39 is 0 Å². The average Bonchev–Trinajstić information content (AvgIpc) is 2.97. The SMILES string of the molecule is CN(C)C1(C(=O)c2ccccc2)CCC2(CCNC2)CC1. The normalized spacial score (nSPS) is 32.7. The van der Waals surface area contributed by atoms with Crippen LogP contribution in [0.3, 0.4) is 0 Å². The molecule has 1 saturated carbocycles. The van der Waals surface area contributed by atoms with E-state index in [4.69, 9.17) is 0 Å². The van der Waals surface area contributed by atoms with Gasteiger partial charge in [0, 0.05) is 12.1 Å². The first-order valence-electron chi connectivity index (χ1n) is 8.06. The summed E-state index contributed by atoms with van der Waals surface area (Å²) in [5, 5.41) is 3.50. The minimum atomic E-state index is -0.310. The molecule has 3 heteroatoms. The summed E-state index contributed by atoms with van der Waals surface area (Å²) in [6.07, 6.45) is 5.56. The lowest BCUT2D eigenvalue weighted by Crippen LogP contribution is -2.55. The molecule has 0 unspecified atom stereocenters. The van der Waals surface area contributed by atoms with Gasteiger partial charge in [-0.15, -0.1) is 0 Å². The van der Waals surface area contributed by atoms with Crippen LogP contribution in [0.1, 0.15) is 42.5 Å². The topological polar surface area (TPSA) is 32.3 Å². The van der Waals surface area contributed by atoms with Crippen LogP contribution in [0.15, 0.2) is 30.3 Å². The van der Waals surface area contributed by atoms with Gasteiger partial charge in [0.15, 0.2) is 5.78 Å². The Morgan fingerprint density at radius 1 is 1.05 bits per heavy atom. The molecule has 1 N–H and O–H groups in total. The summed E-state index contributed by atoms with van der Waals surface area (Å²) in [5.74, 6) is 0.300. The van der Waals surface area contributed by atoms with E-state index >= 15 is 0 Å². The molecule has 2 aliphatic rings. The zero-order chi connectivity index (χ0) is 14.9. The molecule has 1 aromatic carbocycles. The van der Waals surface area contributed by atoms with Gasteiger partial charge in [-0.2, -0.15) is 0 Å². The number of benzene rings is 1. The third-order valence-corrected chi connectivity index (χ3v) is 5.78. The van der Waals surface area contributed by atoms with Gasteiger partial charge in [0.2, 0.25) is 0 Å². The molecular weight excluding hydrogens is 260 g/mol. The summed E-state index contributed by atoms with van der Waals surface area (Å²) < 4.78 is 0. The fourth-order valence-corrected chi connectivity index (χ4v) is 4.15. The molecule has 1 spiro atoms. The Labute approximate surface area is 127 Å². The van der Waals surface area contributed by atoms with E-state index in [-0.39, 0.29) is 5.54 Å². The highest BCUT2D eigenvalue weighted by Crippen LogP contribution is 2.47. The Morgan fingerprint density at radius 2 is 1.71 bits per heavy atom. The van der Waals surface area contributed by atoms with Crippen LogP contribution >= 0.6 is 0 Å². The largest absolute Gasteiger partial charge is 0.316 e. The Kier molecular flexibility index (Phi) is 3.89. The number of ketones is 1. The molecule has 1 aliphatic heterocycles. The van der Waals surface area contributed by atoms with Crippen LogP contribution < -0.4 is 5.32 Å². The maximum Gasteiger partial charge on any atom is 0.183 e. The van der Waals surface area contributed by atoms with Gasteiger partial charge in [0.25, 0.3) is 0 Å². The number of nitrogens with one attached hydrogen (secondary N) is 1. The van der Waals surface area contributed by atoms with Gasteiger partial charge in [0.05, 0.1) is 5.54 Å². The zero-order valence-electron chi connectivity index (χ0n) is 13.2. The lowest BCUT2D eigenvalue weighted by molar-refractivity contribution is 0.0364. The quantitative estimate of drug-likeness (QED) is 0.867. The highest BCUT2D eigenvalue weighted by Gasteiger charge is 2.49. The highest BCUT2D eigenvalue weighted by atomic mass is 16.1. The van der Waals surface area contributed by atoms with E-state index in [2.05, 4.69) is 24.3 Å². The van der Waals surface area contributed by atoms with Crippen molar-refractivity contribution in [2.75, 3.05) is 27.2 Å². The molecule has 21 heavy (non-hydrogen) atoms. The zero-order valence-corrected chi connectivity index (χ0v) is 13.2. The molecule has 0 radical (unpaired) electrons. The number of hydrogen-bond acceptors (Lipinski definition) is 3. The third kappa shape index (κ3) is 2.53. The molecular formula is C18H26N2O. The van der Waals surface area contributed by atoms with E-state index in [1.54, 1.807) is 0 Å². The van der Waals surface area contributed by atoms with Gasteiger partial charge in [-0.25, -0.2) is 0 Å². The molecule has 0 aromatic heterocycles. The third-order valence-electron chi connectivity index (χ3n) is 5.78. The number of carbonyl (C=O) groups excluding carboxylic acids is 1. The summed E-state index contributed by atoms with van der Waals surface area (Å²) in [6, 6.07) is 9.80. The molecule has 0 atom stereocenters. The van der Waals surface area contributed by atoms with Crippen LogP contribution in [0.2, 0.25) is 0 Å². The Balaban J connectivity index is 1.83. The molecule has 1 saturated heterocycles. The van der Waals surface area contributed by atoms with Crippen molar-refractivity contribution < 1.29 is 4.79 Å². The number of nitrogens with zero attached hydrogens (tertiary/aromatic N) is 1. The first-order chi connectivity index (χ1) is 10.1. The van der Waals surface area contributed by atoms with Crippen LogP contribution in [0.5, 0.6) is 0 Å². The van der Waals surface area contributed by atoms with Crippen molar-refractivity contribution in [1.82, 2.24) is 10.2 Å². The van der Waals surface area contributed by atoms with Gasteiger partial charge in [-0.1, -0.05) is 30.3 Å². The van der Waals surface area contributed by atoms with Gasteiger partial charge >= 0.3 is 0 Å². The second kappa shape index (κ2) is 5.54. The molecule has 1 aromatic rings. The molecule has 1 heterocycles. The number of hydrogen-bond donors (Lipinski definition) is 1. The second-order valence-corrected chi connectivity index (χ2v) is 7.05. The van der Waals surface area contributed by atoms with E-state index in [0.717, 1.165) is 44.3 Å². The fourth-order valence-electron chi connectivity index (χ4n) is 4.15. The van der Waals surface area contributed by atoms with Crippen LogP contribution in [0.4, 0.5) is 0 Å². The molecule has 3 nitrogen and oxygen atoms in total. The number of carbonyl (C=O) groups is 1. The van der Waals surface area contributed by atoms with Crippen molar-refractivity contribution >= 4 is 5.78 Å². The average molecular weight is 286 g/mol. The maximum absolute atomic E-state index is 13.1. The highest BCUT2D eigenvalue weighted by molar-refractivity contribution is 6.03. The van der Waals surface area contributed by atoms with Crippen LogP contribution in [0.25, 0.3) is 0 Å². The van der Waals surface area contributed by atoms with E-state index in [9.17, 15) is 4.79 Å². The predicted molar refractivity (Wildman–Crippen MR) is 85.6 cm³/mol. The summed E-state index contributed by atoms with van der Waals surface area (Å²) in [6.45, 7) is 2.28. The van der Waals surface area contributed by atoms with E-state index in [0.29, 0.717) is 11.2 Å². The minimum Gasteiger partial charge on any atom is -0.316 e. The lowest BCUT2D eigenvalue weighted by Gasteiger charge is -2.47. The van der Waals surface area contributed by atoms with Gasteiger partial charge in [-0.3, -0.25) is 9.69 Å². The van der Waals surface area contributed by atoms with Crippen molar-refractivity contribution in [1.29, 1.82) is 0 Å². The summed E-state index contributed by atoms with van der Waals surface area (Å²) in [4.78, 5) is 15.3. The van der Waals surface area contributed by atoms with Crippen molar-refractivity contribution in [3.05, 3.63) is 35.9 Å². The number of rotatable bonds is 3. The van der Waals surface area contributed by atoms with Crippen molar-refractivity contribution in [2.45, 2.75) is 37.6 Å². The lowest BCUT2D eigenvalue weighted by atomic mass is 9.64. The van der Waals surface area contributed by atoms with Crippen LogP contribution in [0, 0.1) is 5.41 Å². The smallest absolute Gasteiger partial charge is 0.183 e. The molecule has 0 amide bonds. The van der Waals surface area contributed by atoms with Gasteiger partial charge < -0.3 is 5.32 Å². The summed E-state index contributed by atoms with van der Waals surface area (Å²) in [7, 11) is 4.12. The Morgan fingerprint density at radius 3 is 2.24 bits per heavy atom. The van der Waals surface area contributed by atoms with Crippen LogP contribution in [-0.2, 0) is 0 Å². The van der Waals surface area contributed by atoms with E-state index in [1.165, 1.54) is 6.42 Å². The minimum absolute atomic E-state index is 0.300. The Hall–Kier alpha value is -1.19.